The molecule has 1 heterocycles. The minimum atomic E-state index is 0.198. The van der Waals surface area contributed by atoms with Crippen molar-refractivity contribution in [1.29, 1.82) is 0 Å². The predicted octanol–water partition coefficient (Wildman–Crippen LogP) is 3.44. The number of benzene rings is 1. The fraction of sp³-hybridized carbons (Fsp3) is 0.611. The summed E-state index contributed by atoms with van der Waals surface area (Å²) in [5.74, 6) is 0.942. The molecule has 0 N–H and O–H groups in total. The lowest BCUT2D eigenvalue weighted by molar-refractivity contribution is -0.132. The first-order valence-corrected chi connectivity index (χ1v) is 8.95. The molecule has 1 amide bonds. The smallest absolute Gasteiger partial charge is 0.236 e. The molecule has 2 rings (SSSR count). The molecule has 1 fully saturated rings. The number of halogens is 1. The van der Waals surface area contributed by atoms with Crippen LogP contribution in [0.5, 0.6) is 5.75 Å². The number of carbonyl (C=O) groups is 1. The van der Waals surface area contributed by atoms with E-state index < -0.39 is 0 Å². The Hall–Kier alpha value is -1.26. The Morgan fingerprint density at radius 1 is 1.26 bits per heavy atom. The van der Waals surface area contributed by atoms with Gasteiger partial charge in [-0.1, -0.05) is 30.5 Å². The number of likely N-dealkylation sites (N-methyl/N-ethyl adjacent to an activating group) is 1. The first-order valence-electron chi connectivity index (χ1n) is 8.57. The maximum Gasteiger partial charge on any atom is 0.236 e. The van der Waals surface area contributed by atoms with Crippen LogP contribution in [-0.2, 0) is 4.79 Å². The molecule has 23 heavy (non-hydrogen) atoms. The number of amides is 1. The summed E-state index contributed by atoms with van der Waals surface area (Å²) in [6.07, 6.45) is 4.99. The van der Waals surface area contributed by atoms with Gasteiger partial charge in [0.1, 0.15) is 12.4 Å². The van der Waals surface area contributed by atoms with Gasteiger partial charge in [-0.25, -0.2) is 0 Å². The summed E-state index contributed by atoms with van der Waals surface area (Å²) in [5, 5.41) is 0.659. The Morgan fingerprint density at radius 2 is 2.00 bits per heavy atom. The summed E-state index contributed by atoms with van der Waals surface area (Å²) in [4.78, 5) is 16.6. The Labute approximate surface area is 144 Å². The third-order valence-electron chi connectivity index (χ3n) is 4.22. The number of hydrogen-bond donors (Lipinski definition) is 0. The zero-order chi connectivity index (χ0) is 16.5. The topological polar surface area (TPSA) is 32.8 Å². The second-order valence-corrected chi connectivity index (χ2v) is 6.41. The number of ether oxygens (including phenoxy) is 1. The van der Waals surface area contributed by atoms with Gasteiger partial charge in [0.2, 0.25) is 5.91 Å². The first kappa shape index (κ1) is 18.1. The Morgan fingerprint density at radius 3 is 2.65 bits per heavy atom. The van der Waals surface area contributed by atoms with Crippen molar-refractivity contribution >= 4 is 17.5 Å². The molecule has 0 unspecified atom stereocenters. The highest BCUT2D eigenvalue weighted by Crippen LogP contribution is 2.17. The van der Waals surface area contributed by atoms with Gasteiger partial charge >= 0.3 is 0 Å². The van der Waals surface area contributed by atoms with E-state index in [1.54, 1.807) is 6.07 Å². The van der Waals surface area contributed by atoms with E-state index in [1.807, 2.05) is 30.0 Å². The molecule has 0 aromatic heterocycles. The van der Waals surface area contributed by atoms with Crippen molar-refractivity contribution in [3.05, 3.63) is 29.3 Å². The summed E-state index contributed by atoms with van der Waals surface area (Å²) >= 11 is 5.94. The molecule has 1 aromatic rings. The van der Waals surface area contributed by atoms with Gasteiger partial charge in [-0.15, -0.1) is 0 Å². The Balaban J connectivity index is 1.75. The van der Waals surface area contributed by atoms with Crippen molar-refractivity contribution in [3.8, 4) is 5.75 Å². The quantitative estimate of drug-likeness (QED) is 0.763. The molecule has 1 saturated heterocycles. The molecule has 1 aliphatic heterocycles. The first-order chi connectivity index (χ1) is 11.2. The molecule has 0 spiro atoms. The van der Waals surface area contributed by atoms with Gasteiger partial charge in [0.25, 0.3) is 0 Å². The number of hydrogen-bond acceptors (Lipinski definition) is 3. The van der Waals surface area contributed by atoms with Crippen molar-refractivity contribution < 1.29 is 9.53 Å². The summed E-state index contributed by atoms with van der Waals surface area (Å²) in [5.41, 5.74) is 0. The highest BCUT2D eigenvalue weighted by atomic mass is 35.5. The van der Waals surface area contributed by atoms with Gasteiger partial charge in [0, 0.05) is 11.6 Å². The molecule has 0 atom stereocenters. The molecule has 0 aliphatic carbocycles. The van der Waals surface area contributed by atoms with Crippen LogP contribution in [0.3, 0.4) is 0 Å². The van der Waals surface area contributed by atoms with Crippen LogP contribution in [0, 0.1) is 0 Å². The minimum absolute atomic E-state index is 0.198. The Bertz CT molecular complexity index is 488. The SMILES string of the molecule is CCN(CCOc1cccc(Cl)c1)C(=O)CN1CCCCCC1. The van der Waals surface area contributed by atoms with Gasteiger partial charge in [-0.2, -0.15) is 0 Å². The van der Waals surface area contributed by atoms with Gasteiger partial charge < -0.3 is 9.64 Å². The van der Waals surface area contributed by atoms with Crippen molar-refractivity contribution in [3.63, 3.8) is 0 Å². The van der Waals surface area contributed by atoms with Crippen LogP contribution in [0.2, 0.25) is 5.02 Å². The zero-order valence-electron chi connectivity index (χ0n) is 14.0. The van der Waals surface area contributed by atoms with Crippen molar-refractivity contribution in [2.24, 2.45) is 0 Å². The number of carbonyl (C=O) groups excluding carboxylic acids is 1. The van der Waals surface area contributed by atoms with Gasteiger partial charge in [0.05, 0.1) is 13.1 Å². The van der Waals surface area contributed by atoms with Crippen molar-refractivity contribution in [2.45, 2.75) is 32.6 Å². The average molecular weight is 339 g/mol. The predicted molar refractivity (Wildman–Crippen MR) is 94.1 cm³/mol. The largest absolute Gasteiger partial charge is 0.492 e. The number of likely N-dealkylation sites (tertiary alicyclic amines) is 1. The second-order valence-electron chi connectivity index (χ2n) is 5.97. The molecule has 0 bridgehead atoms. The lowest BCUT2D eigenvalue weighted by Crippen LogP contribution is -2.42. The average Bonchev–Trinajstić information content (AvgIpc) is 2.80. The molecule has 1 aromatic carbocycles. The lowest BCUT2D eigenvalue weighted by atomic mass is 10.2. The minimum Gasteiger partial charge on any atom is -0.492 e. The fourth-order valence-corrected chi connectivity index (χ4v) is 3.06. The molecule has 4 nitrogen and oxygen atoms in total. The molecule has 0 saturated carbocycles. The maximum atomic E-state index is 12.5. The standard InChI is InChI=1S/C18H27ClN2O2/c1-2-21(12-13-23-17-9-7-8-16(19)14-17)18(22)15-20-10-5-3-4-6-11-20/h7-9,14H,2-6,10-13,15H2,1H3. The number of rotatable bonds is 7. The molecule has 5 heteroatoms. The van der Waals surface area contributed by atoms with E-state index in [4.69, 9.17) is 16.3 Å². The number of nitrogens with zero attached hydrogens (tertiary/aromatic N) is 2. The third-order valence-corrected chi connectivity index (χ3v) is 4.45. The van der Waals surface area contributed by atoms with Gasteiger partial charge in [-0.3, -0.25) is 9.69 Å². The van der Waals surface area contributed by atoms with Crippen LogP contribution in [0.25, 0.3) is 0 Å². The van der Waals surface area contributed by atoms with E-state index in [9.17, 15) is 4.79 Å². The van der Waals surface area contributed by atoms with Crippen LogP contribution in [0.15, 0.2) is 24.3 Å². The van der Waals surface area contributed by atoms with E-state index in [1.165, 1.54) is 25.7 Å². The molecule has 128 valence electrons. The van der Waals surface area contributed by atoms with Crippen LogP contribution in [0.1, 0.15) is 32.6 Å². The van der Waals surface area contributed by atoms with Gasteiger partial charge in [0.15, 0.2) is 0 Å². The highest BCUT2D eigenvalue weighted by Gasteiger charge is 2.17. The molecule has 1 aliphatic rings. The van der Waals surface area contributed by atoms with Crippen LogP contribution in [0.4, 0.5) is 0 Å². The van der Waals surface area contributed by atoms with Crippen LogP contribution >= 0.6 is 11.6 Å². The normalized spacial score (nSPS) is 15.9. The maximum absolute atomic E-state index is 12.5. The fourth-order valence-electron chi connectivity index (χ4n) is 2.88. The van der Waals surface area contributed by atoms with Crippen LogP contribution < -0.4 is 4.74 Å². The highest BCUT2D eigenvalue weighted by molar-refractivity contribution is 6.30. The Kier molecular flexibility index (Phi) is 7.69. The third kappa shape index (κ3) is 6.40. The van der Waals surface area contributed by atoms with E-state index in [0.29, 0.717) is 31.3 Å². The van der Waals surface area contributed by atoms with E-state index >= 15 is 0 Å². The monoisotopic (exact) mass is 338 g/mol. The zero-order valence-corrected chi connectivity index (χ0v) is 14.7. The molecular formula is C18H27ClN2O2. The molecular weight excluding hydrogens is 312 g/mol. The van der Waals surface area contributed by atoms with E-state index in [0.717, 1.165) is 18.8 Å². The van der Waals surface area contributed by atoms with E-state index in [-0.39, 0.29) is 5.91 Å². The summed E-state index contributed by atoms with van der Waals surface area (Å²) in [6, 6.07) is 7.34. The summed E-state index contributed by atoms with van der Waals surface area (Å²) < 4.78 is 5.69. The molecule has 0 radical (unpaired) electrons. The van der Waals surface area contributed by atoms with E-state index in [2.05, 4.69) is 4.90 Å². The summed E-state index contributed by atoms with van der Waals surface area (Å²) in [6.45, 7) is 6.44. The summed E-state index contributed by atoms with van der Waals surface area (Å²) in [7, 11) is 0. The van der Waals surface area contributed by atoms with Crippen molar-refractivity contribution in [1.82, 2.24) is 9.80 Å². The lowest BCUT2D eigenvalue weighted by Gasteiger charge is -2.25. The van der Waals surface area contributed by atoms with Crippen molar-refractivity contribution in [2.75, 3.05) is 39.3 Å². The van der Waals surface area contributed by atoms with Crippen LogP contribution in [-0.4, -0.2) is 55.0 Å². The second kappa shape index (κ2) is 9.78. The van der Waals surface area contributed by atoms with Gasteiger partial charge in [-0.05, 0) is 51.1 Å².